The monoisotopic (exact) mass is 390 g/mol. The first kappa shape index (κ1) is 15.2. The van der Waals surface area contributed by atoms with Crippen LogP contribution >= 0.6 is 27.5 Å². The number of carbonyl (C=O) groups is 1. The molecule has 0 bridgehead atoms. The van der Waals surface area contributed by atoms with Crippen molar-refractivity contribution in [2.75, 3.05) is 11.4 Å². The topological polar surface area (TPSA) is 23.6 Å². The molecule has 2 unspecified atom stereocenters. The number of hydrogen-bond donors (Lipinski definition) is 0. The van der Waals surface area contributed by atoms with Crippen molar-refractivity contribution in [3.05, 3.63) is 63.6 Å². The molecule has 0 saturated carbocycles. The highest BCUT2D eigenvalue weighted by molar-refractivity contribution is 9.10. The lowest BCUT2D eigenvalue weighted by Crippen LogP contribution is -2.32. The third kappa shape index (κ3) is 2.59. The van der Waals surface area contributed by atoms with Crippen LogP contribution in [-0.2, 0) is 4.79 Å². The Hall–Kier alpha value is -1.36. The largest absolute Gasteiger partial charge is 0.290 e. The molecule has 2 saturated heterocycles. The normalized spacial score (nSPS) is 24.3. The Bertz CT molecular complexity index is 766. The van der Waals surface area contributed by atoms with Gasteiger partial charge in [-0.1, -0.05) is 45.7 Å². The summed E-state index contributed by atoms with van der Waals surface area (Å²) in [4.78, 5) is 17.2. The van der Waals surface area contributed by atoms with Crippen LogP contribution in [0.25, 0.3) is 0 Å². The lowest BCUT2D eigenvalue weighted by atomic mass is 10.1. The number of carbonyl (C=O) groups excluding carboxylic acids is 1. The first-order valence-corrected chi connectivity index (χ1v) is 8.92. The third-order valence-electron chi connectivity index (χ3n) is 4.61. The summed E-state index contributed by atoms with van der Waals surface area (Å²) in [7, 11) is 0. The number of nitrogens with zero attached hydrogens (tertiary/aromatic N) is 2. The van der Waals surface area contributed by atoms with Crippen molar-refractivity contribution in [3.63, 3.8) is 0 Å². The molecule has 2 heterocycles. The Morgan fingerprint density at radius 3 is 2.74 bits per heavy atom. The second kappa shape index (κ2) is 5.93. The highest BCUT2D eigenvalue weighted by Crippen LogP contribution is 2.43. The Kier molecular flexibility index (Phi) is 3.92. The molecule has 0 spiro atoms. The van der Waals surface area contributed by atoms with Crippen molar-refractivity contribution < 1.29 is 4.79 Å². The minimum Gasteiger partial charge on any atom is -0.290 e. The van der Waals surface area contributed by atoms with Gasteiger partial charge in [-0.2, -0.15) is 0 Å². The second-order valence-electron chi connectivity index (χ2n) is 6.01. The number of hydrogen-bond acceptors (Lipinski definition) is 2. The summed E-state index contributed by atoms with van der Waals surface area (Å²) < 4.78 is 1.02. The maximum absolute atomic E-state index is 13.0. The van der Waals surface area contributed by atoms with Crippen LogP contribution in [0.5, 0.6) is 0 Å². The SMILES string of the molecule is O=C1C2CCCN2C(c2cccc(Br)c2)N1c1cccc(Cl)c1. The van der Waals surface area contributed by atoms with Crippen molar-refractivity contribution in [2.45, 2.75) is 25.0 Å². The molecule has 0 N–H and O–H groups in total. The van der Waals surface area contributed by atoms with E-state index in [9.17, 15) is 4.79 Å². The quantitative estimate of drug-likeness (QED) is 0.746. The average Bonchev–Trinajstić information content (AvgIpc) is 3.09. The second-order valence-corrected chi connectivity index (χ2v) is 7.36. The number of rotatable bonds is 2. The van der Waals surface area contributed by atoms with E-state index in [1.807, 2.05) is 41.3 Å². The van der Waals surface area contributed by atoms with Gasteiger partial charge in [-0.25, -0.2) is 0 Å². The van der Waals surface area contributed by atoms with Crippen LogP contribution in [0, 0.1) is 0 Å². The molecule has 3 nitrogen and oxygen atoms in total. The molecule has 2 aromatic carbocycles. The Balaban J connectivity index is 1.83. The molecule has 23 heavy (non-hydrogen) atoms. The number of halogens is 2. The van der Waals surface area contributed by atoms with Gasteiger partial charge in [0.25, 0.3) is 0 Å². The molecule has 2 fully saturated rings. The van der Waals surface area contributed by atoms with E-state index in [1.54, 1.807) is 0 Å². The molecule has 4 rings (SSSR count). The van der Waals surface area contributed by atoms with E-state index >= 15 is 0 Å². The molecule has 2 aliphatic heterocycles. The third-order valence-corrected chi connectivity index (χ3v) is 5.34. The maximum Gasteiger partial charge on any atom is 0.246 e. The van der Waals surface area contributed by atoms with Gasteiger partial charge in [-0.3, -0.25) is 14.6 Å². The summed E-state index contributed by atoms with van der Waals surface area (Å²) in [5.74, 6) is 0.176. The molecule has 118 valence electrons. The van der Waals surface area contributed by atoms with E-state index in [4.69, 9.17) is 11.6 Å². The predicted molar refractivity (Wildman–Crippen MR) is 95.5 cm³/mol. The summed E-state index contributed by atoms with van der Waals surface area (Å²) in [6.07, 6.45) is 1.94. The molecular formula is C18H16BrClN2O. The fourth-order valence-corrected chi connectivity index (χ4v) is 4.28. The van der Waals surface area contributed by atoms with Gasteiger partial charge in [0, 0.05) is 21.7 Å². The van der Waals surface area contributed by atoms with Crippen LogP contribution < -0.4 is 4.90 Å². The summed E-state index contributed by atoms with van der Waals surface area (Å²) >= 11 is 9.69. The highest BCUT2D eigenvalue weighted by atomic mass is 79.9. The minimum atomic E-state index is -0.0639. The Morgan fingerprint density at radius 2 is 1.96 bits per heavy atom. The van der Waals surface area contributed by atoms with Crippen molar-refractivity contribution >= 4 is 39.1 Å². The standard InChI is InChI=1S/C18H16BrClN2O/c19-13-5-1-4-12(10-13)17-21-9-3-8-16(21)18(23)22(17)15-7-2-6-14(20)11-15/h1-2,4-7,10-11,16-17H,3,8-9H2. The maximum atomic E-state index is 13.0. The van der Waals surface area contributed by atoms with Gasteiger partial charge in [0.15, 0.2) is 0 Å². The van der Waals surface area contributed by atoms with Crippen LogP contribution in [0.2, 0.25) is 5.02 Å². The number of fused-ring (bicyclic) bond motifs is 1. The molecule has 0 aliphatic carbocycles. The van der Waals surface area contributed by atoms with Crippen molar-refractivity contribution in [2.24, 2.45) is 0 Å². The van der Waals surface area contributed by atoms with Crippen molar-refractivity contribution in [3.8, 4) is 0 Å². The molecule has 2 aliphatic rings. The van der Waals surface area contributed by atoms with Crippen LogP contribution in [0.1, 0.15) is 24.6 Å². The first-order chi connectivity index (χ1) is 11.1. The summed E-state index contributed by atoms with van der Waals surface area (Å²) in [5, 5.41) is 0.648. The lowest BCUT2D eigenvalue weighted by molar-refractivity contribution is -0.119. The van der Waals surface area contributed by atoms with Gasteiger partial charge in [0.1, 0.15) is 6.17 Å². The summed E-state index contributed by atoms with van der Waals surface area (Å²) in [6.45, 7) is 0.949. The lowest BCUT2D eigenvalue weighted by Gasteiger charge is -2.30. The Labute approximate surface area is 149 Å². The van der Waals surface area contributed by atoms with Crippen LogP contribution in [0.3, 0.4) is 0 Å². The van der Waals surface area contributed by atoms with E-state index in [1.165, 1.54) is 0 Å². The molecule has 1 amide bonds. The fraction of sp³-hybridized carbons (Fsp3) is 0.278. The Morgan fingerprint density at radius 1 is 1.13 bits per heavy atom. The van der Waals surface area contributed by atoms with Crippen molar-refractivity contribution in [1.82, 2.24) is 4.90 Å². The number of anilines is 1. The summed E-state index contributed by atoms with van der Waals surface area (Å²) in [5.41, 5.74) is 1.99. The zero-order chi connectivity index (χ0) is 16.0. The van der Waals surface area contributed by atoms with E-state index in [-0.39, 0.29) is 18.1 Å². The van der Waals surface area contributed by atoms with Crippen LogP contribution in [0.15, 0.2) is 53.0 Å². The van der Waals surface area contributed by atoms with Gasteiger partial charge in [-0.05, 0) is 48.7 Å². The number of amides is 1. The fourth-order valence-electron chi connectivity index (χ4n) is 3.68. The first-order valence-electron chi connectivity index (χ1n) is 7.75. The van der Waals surface area contributed by atoms with Gasteiger partial charge >= 0.3 is 0 Å². The highest BCUT2D eigenvalue weighted by Gasteiger charge is 2.49. The molecule has 2 atom stereocenters. The van der Waals surface area contributed by atoms with E-state index in [0.29, 0.717) is 5.02 Å². The smallest absolute Gasteiger partial charge is 0.246 e. The van der Waals surface area contributed by atoms with Crippen LogP contribution in [0.4, 0.5) is 5.69 Å². The van der Waals surface area contributed by atoms with Gasteiger partial charge < -0.3 is 0 Å². The van der Waals surface area contributed by atoms with Crippen LogP contribution in [-0.4, -0.2) is 23.4 Å². The van der Waals surface area contributed by atoms with Crippen molar-refractivity contribution in [1.29, 1.82) is 0 Å². The van der Waals surface area contributed by atoms with E-state index < -0.39 is 0 Å². The van der Waals surface area contributed by atoms with Gasteiger partial charge in [-0.15, -0.1) is 0 Å². The van der Waals surface area contributed by atoms with Gasteiger partial charge in [0.05, 0.1) is 6.04 Å². The zero-order valence-corrected chi connectivity index (χ0v) is 14.8. The predicted octanol–water partition coefficient (Wildman–Crippen LogP) is 4.61. The molecule has 0 aromatic heterocycles. The van der Waals surface area contributed by atoms with E-state index in [2.05, 4.69) is 33.0 Å². The summed E-state index contributed by atoms with van der Waals surface area (Å²) in [6, 6.07) is 15.7. The number of benzene rings is 2. The van der Waals surface area contributed by atoms with E-state index in [0.717, 1.165) is 35.1 Å². The molecule has 0 radical (unpaired) electrons. The molecule has 2 aromatic rings. The minimum absolute atomic E-state index is 0.0158. The average molecular weight is 392 g/mol. The molecular weight excluding hydrogens is 376 g/mol. The zero-order valence-electron chi connectivity index (χ0n) is 12.5. The molecule has 5 heteroatoms. The van der Waals surface area contributed by atoms with Gasteiger partial charge in [0.2, 0.25) is 5.91 Å².